The first kappa shape index (κ1) is 12.2. The van der Waals surface area contributed by atoms with Crippen LogP contribution in [0.4, 0.5) is 10.1 Å². The van der Waals surface area contributed by atoms with E-state index in [9.17, 15) is 4.39 Å². The number of halogens is 2. The molecule has 1 aromatic carbocycles. The van der Waals surface area contributed by atoms with Crippen LogP contribution in [0.3, 0.4) is 0 Å². The van der Waals surface area contributed by atoms with Crippen LogP contribution in [0.25, 0.3) is 0 Å². The Labute approximate surface area is 101 Å². The second kappa shape index (κ2) is 4.36. The highest BCUT2D eigenvalue weighted by Gasteiger charge is 2.20. The van der Waals surface area contributed by atoms with Gasteiger partial charge in [0.15, 0.2) is 0 Å². The van der Waals surface area contributed by atoms with Crippen LogP contribution in [0, 0.1) is 0 Å². The van der Waals surface area contributed by atoms with Crippen molar-refractivity contribution < 1.29 is 4.39 Å². The maximum Gasteiger partial charge on any atom is 0.145 e. The van der Waals surface area contributed by atoms with Crippen LogP contribution in [0.15, 0.2) is 18.2 Å². The van der Waals surface area contributed by atoms with E-state index in [-0.39, 0.29) is 3.82 Å². The minimum atomic E-state index is -1.46. The van der Waals surface area contributed by atoms with E-state index in [0.29, 0.717) is 11.3 Å². The molecule has 0 heterocycles. The Kier molecular flexibility index (Phi) is 3.81. The quantitative estimate of drug-likeness (QED) is 0.293. The van der Waals surface area contributed by atoms with Gasteiger partial charge in [0, 0.05) is 5.69 Å². The average molecular weight is 321 g/mol. The Balaban J connectivity index is 3.21. The lowest BCUT2D eigenvalue weighted by Gasteiger charge is -2.17. The summed E-state index contributed by atoms with van der Waals surface area (Å²) in [5.74, 6) is 0. The van der Waals surface area contributed by atoms with Crippen LogP contribution in [0.1, 0.15) is 21.9 Å². The van der Waals surface area contributed by atoms with Gasteiger partial charge in [0.1, 0.15) is 5.41 Å². The third kappa shape index (κ3) is 3.09. The minimum absolute atomic E-state index is 0.165. The van der Waals surface area contributed by atoms with Gasteiger partial charge in [-0.1, -0.05) is 37.9 Å². The lowest BCUT2D eigenvalue weighted by molar-refractivity contribution is 0.324. The van der Waals surface area contributed by atoms with Crippen molar-refractivity contribution in [3.05, 3.63) is 29.3 Å². The first-order valence-corrected chi connectivity index (χ1v) is 5.91. The van der Waals surface area contributed by atoms with Crippen molar-refractivity contribution in [1.82, 2.24) is 0 Å². The SMILES string of the molecule is [B]C(I)c1cc(N)cc(C(C)(F)P)c1. The second-order valence-corrected chi connectivity index (χ2v) is 5.79. The van der Waals surface area contributed by atoms with E-state index in [1.165, 1.54) is 6.92 Å². The molecule has 2 radical (unpaired) electrons. The highest BCUT2D eigenvalue weighted by Crippen LogP contribution is 2.35. The fraction of sp³-hybridized carbons (Fsp3) is 0.333. The van der Waals surface area contributed by atoms with Gasteiger partial charge in [0.05, 0.1) is 7.85 Å². The summed E-state index contributed by atoms with van der Waals surface area (Å²) in [5.41, 5.74) is 7.57. The summed E-state index contributed by atoms with van der Waals surface area (Å²) < 4.78 is 13.4. The summed E-state index contributed by atoms with van der Waals surface area (Å²) in [7, 11) is 7.84. The first-order valence-electron chi connectivity index (χ1n) is 4.09. The van der Waals surface area contributed by atoms with Crippen LogP contribution in [0.2, 0.25) is 0 Å². The van der Waals surface area contributed by atoms with Gasteiger partial charge < -0.3 is 5.73 Å². The summed E-state index contributed by atoms with van der Waals surface area (Å²) in [6, 6.07) is 5.12. The summed E-state index contributed by atoms with van der Waals surface area (Å²) in [6.07, 6.45) is 0. The highest BCUT2D eigenvalue weighted by molar-refractivity contribution is 14.1. The molecule has 0 spiro atoms. The molecular weight excluding hydrogens is 310 g/mol. The second-order valence-electron chi connectivity index (χ2n) is 3.37. The van der Waals surface area contributed by atoms with Crippen molar-refractivity contribution in [2.45, 2.75) is 16.2 Å². The van der Waals surface area contributed by atoms with E-state index < -0.39 is 5.41 Å². The Morgan fingerprint density at radius 1 is 1.57 bits per heavy atom. The van der Waals surface area contributed by atoms with Gasteiger partial charge in [0.2, 0.25) is 0 Å². The zero-order valence-corrected chi connectivity index (χ0v) is 11.1. The molecule has 0 saturated carbocycles. The van der Waals surface area contributed by atoms with E-state index >= 15 is 0 Å². The number of rotatable bonds is 2. The molecule has 3 atom stereocenters. The molecule has 14 heavy (non-hydrogen) atoms. The average Bonchev–Trinajstić information content (AvgIpc) is 2.01. The molecule has 74 valence electrons. The van der Waals surface area contributed by atoms with Crippen molar-refractivity contribution in [3.8, 4) is 0 Å². The maximum absolute atomic E-state index is 13.6. The van der Waals surface area contributed by atoms with Gasteiger partial charge >= 0.3 is 0 Å². The summed E-state index contributed by atoms with van der Waals surface area (Å²) >= 11 is 2.06. The molecule has 0 aliphatic rings. The Morgan fingerprint density at radius 2 is 2.14 bits per heavy atom. The summed E-state index contributed by atoms with van der Waals surface area (Å²) in [6.45, 7) is 1.47. The number of benzene rings is 1. The molecule has 0 amide bonds. The third-order valence-corrected chi connectivity index (χ3v) is 2.91. The zero-order valence-electron chi connectivity index (χ0n) is 7.80. The Hall–Kier alpha value is 0.175. The van der Waals surface area contributed by atoms with E-state index in [1.807, 2.05) is 0 Å². The van der Waals surface area contributed by atoms with E-state index in [2.05, 4.69) is 31.8 Å². The molecule has 0 aliphatic heterocycles. The van der Waals surface area contributed by atoms with Crippen molar-refractivity contribution in [1.29, 1.82) is 0 Å². The molecule has 0 fully saturated rings. The van der Waals surface area contributed by atoms with E-state index in [4.69, 9.17) is 13.6 Å². The van der Waals surface area contributed by atoms with Crippen LogP contribution < -0.4 is 5.73 Å². The molecule has 0 bridgehead atoms. The fourth-order valence-corrected chi connectivity index (χ4v) is 1.64. The summed E-state index contributed by atoms with van der Waals surface area (Å²) in [5, 5.41) is -1.46. The molecule has 2 N–H and O–H groups in total. The number of hydrogen-bond acceptors (Lipinski definition) is 1. The molecule has 0 aromatic heterocycles. The van der Waals surface area contributed by atoms with Crippen molar-refractivity contribution in [2.75, 3.05) is 5.73 Å². The molecule has 1 nitrogen and oxygen atoms in total. The molecule has 5 heteroatoms. The van der Waals surface area contributed by atoms with Crippen molar-refractivity contribution in [2.24, 2.45) is 0 Å². The predicted molar refractivity (Wildman–Crippen MR) is 71.5 cm³/mol. The van der Waals surface area contributed by atoms with Gasteiger partial charge in [-0.2, -0.15) is 0 Å². The molecule has 0 aliphatic carbocycles. The smallest absolute Gasteiger partial charge is 0.145 e. The first-order chi connectivity index (χ1) is 6.30. The fourth-order valence-electron chi connectivity index (χ4n) is 1.12. The number of nitrogen functional groups attached to an aromatic ring is 1. The number of nitrogens with two attached hydrogens (primary N) is 1. The number of anilines is 1. The van der Waals surface area contributed by atoms with Crippen LogP contribution in [-0.4, -0.2) is 7.85 Å². The van der Waals surface area contributed by atoms with Crippen LogP contribution in [-0.2, 0) is 5.41 Å². The van der Waals surface area contributed by atoms with Crippen molar-refractivity contribution >= 4 is 45.4 Å². The largest absolute Gasteiger partial charge is 0.399 e. The van der Waals surface area contributed by atoms with E-state index in [1.54, 1.807) is 18.2 Å². The Bertz CT molecular complexity index is 338. The zero-order chi connectivity index (χ0) is 10.9. The molecule has 1 rings (SSSR count). The van der Waals surface area contributed by atoms with E-state index in [0.717, 1.165) is 5.56 Å². The lowest BCUT2D eigenvalue weighted by atomic mass is 9.94. The lowest BCUT2D eigenvalue weighted by Crippen LogP contribution is -2.06. The van der Waals surface area contributed by atoms with Gasteiger partial charge in [-0.15, -0.1) is 0 Å². The molecule has 0 saturated heterocycles. The maximum atomic E-state index is 13.6. The predicted octanol–water partition coefficient (Wildman–Crippen LogP) is 2.89. The van der Waals surface area contributed by atoms with Gasteiger partial charge in [-0.25, -0.2) is 4.39 Å². The number of hydrogen-bond donors (Lipinski definition) is 1. The molecular formula is C9H11BFINP. The third-order valence-electron chi connectivity index (χ3n) is 1.86. The van der Waals surface area contributed by atoms with Crippen LogP contribution >= 0.6 is 31.8 Å². The van der Waals surface area contributed by atoms with Gasteiger partial charge in [-0.3, -0.25) is 0 Å². The van der Waals surface area contributed by atoms with Crippen LogP contribution in [0.5, 0.6) is 0 Å². The summed E-state index contributed by atoms with van der Waals surface area (Å²) in [4.78, 5) is 0. The van der Waals surface area contributed by atoms with Crippen molar-refractivity contribution in [3.63, 3.8) is 0 Å². The van der Waals surface area contributed by atoms with Gasteiger partial charge in [-0.05, 0) is 34.0 Å². The monoisotopic (exact) mass is 321 g/mol. The van der Waals surface area contributed by atoms with Gasteiger partial charge in [0.25, 0.3) is 0 Å². The topological polar surface area (TPSA) is 26.0 Å². The normalized spacial score (nSPS) is 17.4. The standard InChI is InChI=1S/C9H11BFINP/c1-9(11,14)6-2-5(8(10)12)3-7(13)4-6/h2-4,8H,13-14H2,1H3. The number of alkyl halides is 2. The molecule has 3 unspecified atom stereocenters. The minimum Gasteiger partial charge on any atom is -0.399 e. The molecule has 1 aromatic rings. The Morgan fingerprint density at radius 3 is 2.57 bits per heavy atom. The highest BCUT2D eigenvalue weighted by atomic mass is 127.